The van der Waals surface area contributed by atoms with Gasteiger partial charge in [0.1, 0.15) is 22.8 Å². The topological polar surface area (TPSA) is 71.1 Å². The van der Waals surface area contributed by atoms with E-state index in [1.165, 1.54) is 0 Å². The van der Waals surface area contributed by atoms with Crippen molar-refractivity contribution in [2.75, 3.05) is 13.7 Å². The van der Waals surface area contributed by atoms with Crippen LogP contribution >= 0.6 is 15.9 Å². The standard InChI is InChI=1S/C23H23BrO6/c1-13-17(28-12-20(25)30-23(2,3)4)9-7-16-21(26)19(29-22(13)16)11-14-10-15(24)6-8-18(14)27-5/h6-11H,12H2,1-5H3/b19-11-. The number of methoxy groups -OCH3 is 1. The van der Waals surface area contributed by atoms with Gasteiger partial charge in [0.25, 0.3) is 0 Å². The lowest BCUT2D eigenvalue weighted by Crippen LogP contribution is -2.27. The summed E-state index contributed by atoms with van der Waals surface area (Å²) in [5.74, 6) is 0.982. The van der Waals surface area contributed by atoms with Crippen LogP contribution in [0, 0.1) is 6.92 Å². The summed E-state index contributed by atoms with van der Waals surface area (Å²) in [4.78, 5) is 24.7. The van der Waals surface area contributed by atoms with Crippen LogP contribution in [0.2, 0.25) is 0 Å². The predicted octanol–water partition coefficient (Wildman–Crippen LogP) is 5.10. The molecule has 0 atom stereocenters. The third-order valence-electron chi connectivity index (χ3n) is 4.28. The average molecular weight is 475 g/mol. The van der Waals surface area contributed by atoms with Gasteiger partial charge < -0.3 is 18.9 Å². The molecule has 2 aromatic rings. The van der Waals surface area contributed by atoms with Crippen molar-refractivity contribution in [3.05, 3.63) is 57.3 Å². The molecule has 3 rings (SSSR count). The fourth-order valence-corrected chi connectivity index (χ4v) is 3.37. The molecule has 0 fully saturated rings. The van der Waals surface area contributed by atoms with E-state index in [-0.39, 0.29) is 18.1 Å². The number of rotatable bonds is 5. The molecule has 1 aliphatic heterocycles. The Morgan fingerprint density at radius 3 is 2.53 bits per heavy atom. The van der Waals surface area contributed by atoms with Gasteiger partial charge in [-0.2, -0.15) is 0 Å². The quantitative estimate of drug-likeness (QED) is 0.443. The van der Waals surface area contributed by atoms with E-state index >= 15 is 0 Å². The number of fused-ring (bicyclic) bond motifs is 1. The molecule has 0 N–H and O–H groups in total. The number of ether oxygens (including phenoxy) is 4. The summed E-state index contributed by atoms with van der Waals surface area (Å²) >= 11 is 3.42. The van der Waals surface area contributed by atoms with E-state index in [2.05, 4.69) is 15.9 Å². The normalized spacial score (nSPS) is 14.3. The summed E-state index contributed by atoms with van der Waals surface area (Å²) in [6.45, 7) is 6.92. The van der Waals surface area contributed by atoms with Crippen LogP contribution < -0.4 is 14.2 Å². The minimum atomic E-state index is -0.587. The van der Waals surface area contributed by atoms with Crippen molar-refractivity contribution in [2.24, 2.45) is 0 Å². The second kappa shape index (κ2) is 8.52. The summed E-state index contributed by atoms with van der Waals surface area (Å²) in [6.07, 6.45) is 1.65. The van der Waals surface area contributed by atoms with Crippen LogP contribution in [0.3, 0.4) is 0 Å². The van der Waals surface area contributed by atoms with E-state index < -0.39 is 11.6 Å². The first-order chi connectivity index (χ1) is 14.1. The van der Waals surface area contributed by atoms with E-state index in [9.17, 15) is 9.59 Å². The molecule has 0 unspecified atom stereocenters. The summed E-state index contributed by atoms with van der Waals surface area (Å²) in [7, 11) is 1.57. The van der Waals surface area contributed by atoms with Crippen LogP contribution in [-0.2, 0) is 9.53 Å². The number of esters is 1. The monoisotopic (exact) mass is 474 g/mol. The Kier molecular flexibility index (Phi) is 6.22. The third kappa shape index (κ3) is 4.84. The van der Waals surface area contributed by atoms with Gasteiger partial charge in [0.2, 0.25) is 5.78 Å². The van der Waals surface area contributed by atoms with Crippen LogP contribution in [0.4, 0.5) is 0 Å². The third-order valence-corrected chi connectivity index (χ3v) is 4.77. The number of hydrogen-bond acceptors (Lipinski definition) is 6. The molecule has 7 heteroatoms. The molecule has 30 heavy (non-hydrogen) atoms. The number of carbonyl (C=O) groups excluding carboxylic acids is 2. The summed E-state index contributed by atoms with van der Waals surface area (Å²) in [5.41, 5.74) is 1.20. The number of carbonyl (C=O) groups is 2. The first kappa shape index (κ1) is 21.9. The fraction of sp³-hybridized carbons (Fsp3) is 0.304. The Balaban J connectivity index is 1.83. The zero-order valence-corrected chi connectivity index (χ0v) is 19.1. The van der Waals surface area contributed by atoms with Gasteiger partial charge in [-0.1, -0.05) is 15.9 Å². The van der Waals surface area contributed by atoms with Gasteiger partial charge in [0, 0.05) is 15.6 Å². The van der Waals surface area contributed by atoms with Gasteiger partial charge in [-0.05, 0) is 64.1 Å². The zero-order chi connectivity index (χ0) is 22.1. The molecule has 1 aliphatic rings. The minimum Gasteiger partial charge on any atom is -0.496 e. The molecule has 0 amide bonds. The highest BCUT2D eigenvalue weighted by Crippen LogP contribution is 2.40. The molecule has 0 aromatic heterocycles. The highest BCUT2D eigenvalue weighted by molar-refractivity contribution is 9.10. The van der Waals surface area contributed by atoms with Crippen molar-refractivity contribution < 1.29 is 28.5 Å². The Morgan fingerprint density at radius 2 is 1.87 bits per heavy atom. The predicted molar refractivity (Wildman–Crippen MR) is 116 cm³/mol. The number of allylic oxidation sites excluding steroid dienone is 1. The molecular formula is C23H23BrO6. The molecule has 0 saturated heterocycles. The van der Waals surface area contributed by atoms with Gasteiger partial charge in [0.05, 0.1) is 12.7 Å². The molecule has 1 heterocycles. The number of ketones is 1. The first-order valence-corrected chi connectivity index (χ1v) is 10.1. The first-order valence-electron chi connectivity index (χ1n) is 9.35. The van der Waals surface area contributed by atoms with Crippen LogP contribution in [-0.4, -0.2) is 31.1 Å². The van der Waals surface area contributed by atoms with Crippen molar-refractivity contribution in [3.8, 4) is 17.2 Å². The van der Waals surface area contributed by atoms with Gasteiger partial charge >= 0.3 is 5.97 Å². The fourth-order valence-electron chi connectivity index (χ4n) is 2.99. The Hall–Kier alpha value is -2.80. The largest absolute Gasteiger partial charge is 0.496 e. The second-order valence-electron chi connectivity index (χ2n) is 7.77. The van der Waals surface area contributed by atoms with E-state index in [0.29, 0.717) is 33.9 Å². The highest BCUT2D eigenvalue weighted by Gasteiger charge is 2.30. The highest BCUT2D eigenvalue weighted by atomic mass is 79.9. The molecule has 0 aliphatic carbocycles. The van der Waals surface area contributed by atoms with Crippen molar-refractivity contribution in [2.45, 2.75) is 33.3 Å². The molecule has 0 bridgehead atoms. The Labute approximate surface area is 183 Å². The van der Waals surface area contributed by atoms with E-state index in [1.54, 1.807) is 59.1 Å². The zero-order valence-electron chi connectivity index (χ0n) is 17.5. The van der Waals surface area contributed by atoms with Crippen LogP contribution in [0.1, 0.15) is 42.3 Å². The maximum atomic E-state index is 12.8. The average Bonchev–Trinajstić information content (AvgIpc) is 2.97. The lowest BCUT2D eigenvalue weighted by atomic mass is 10.1. The minimum absolute atomic E-state index is 0.189. The number of benzene rings is 2. The van der Waals surface area contributed by atoms with Crippen LogP contribution in [0.25, 0.3) is 6.08 Å². The molecule has 0 spiro atoms. The number of halogens is 1. The molecule has 0 radical (unpaired) electrons. The lowest BCUT2D eigenvalue weighted by Gasteiger charge is -2.19. The Bertz CT molecular complexity index is 1030. The van der Waals surface area contributed by atoms with Gasteiger partial charge in [-0.25, -0.2) is 4.79 Å². The van der Waals surface area contributed by atoms with Gasteiger partial charge in [-0.15, -0.1) is 0 Å². The molecule has 6 nitrogen and oxygen atoms in total. The summed E-state index contributed by atoms with van der Waals surface area (Å²) < 4.78 is 22.9. The Morgan fingerprint density at radius 1 is 1.17 bits per heavy atom. The number of hydrogen-bond donors (Lipinski definition) is 0. The van der Waals surface area contributed by atoms with E-state index in [4.69, 9.17) is 18.9 Å². The van der Waals surface area contributed by atoms with Crippen molar-refractivity contribution in [1.82, 2.24) is 0 Å². The van der Waals surface area contributed by atoms with Crippen molar-refractivity contribution >= 4 is 33.8 Å². The smallest absolute Gasteiger partial charge is 0.344 e. The second-order valence-corrected chi connectivity index (χ2v) is 8.68. The van der Waals surface area contributed by atoms with Gasteiger partial charge in [-0.3, -0.25) is 4.79 Å². The molecule has 0 saturated carbocycles. The number of Topliss-reactive ketones (excluding diaryl/α,β-unsaturated/α-hetero) is 1. The lowest BCUT2D eigenvalue weighted by molar-refractivity contribution is -0.157. The summed E-state index contributed by atoms with van der Waals surface area (Å²) in [5, 5.41) is 0. The SMILES string of the molecule is COc1ccc(Br)cc1/C=C1\Oc2c(ccc(OCC(=O)OC(C)(C)C)c2C)C1=O. The van der Waals surface area contributed by atoms with Crippen molar-refractivity contribution in [3.63, 3.8) is 0 Å². The van der Waals surface area contributed by atoms with Crippen LogP contribution in [0.15, 0.2) is 40.6 Å². The van der Waals surface area contributed by atoms with Crippen LogP contribution in [0.5, 0.6) is 17.2 Å². The molecule has 2 aromatic carbocycles. The molecular weight excluding hydrogens is 452 g/mol. The van der Waals surface area contributed by atoms with Crippen molar-refractivity contribution in [1.29, 1.82) is 0 Å². The summed E-state index contributed by atoms with van der Waals surface area (Å²) in [6, 6.07) is 8.78. The maximum absolute atomic E-state index is 12.8. The van der Waals surface area contributed by atoms with E-state index in [0.717, 1.165) is 4.47 Å². The van der Waals surface area contributed by atoms with Gasteiger partial charge in [0.15, 0.2) is 12.4 Å². The molecule has 158 valence electrons. The van der Waals surface area contributed by atoms with E-state index in [1.807, 2.05) is 12.1 Å². The maximum Gasteiger partial charge on any atom is 0.344 e.